The van der Waals surface area contributed by atoms with E-state index in [4.69, 9.17) is 0 Å². The third kappa shape index (κ3) is 5.67. The molecular formula is C18H30O. The van der Waals surface area contributed by atoms with Crippen LogP contribution in [0.4, 0.5) is 0 Å². The molecule has 1 N–H and O–H groups in total. The van der Waals surface area contributed by atoms with Gasteiger partial charge in [-0.2, -0.15) is 0 Å². The van der Waals surface area contributed by atoms with Crippen molar-refractivity contribution < 1.29 is 5.11 Å². The van der Waals surface area contributed by atoms with Gasteiger partial charge in [-0.25, -0.2) is 0 Å². The Balaban J connectivity index is 2.36. The Morgan fingerprint density at radius 1 is 0.947 bits per heavy atom. The van der Waals surface area contributed by atoms with Crippen LogP contribution < -0.4 is 0 Å². The van der Waals surface area contributed by atoms with E-state index in [1.807, 2.05) is 12.1 Å². The van der Waals surface area contributed by atoms with Crippen molar-refractivity contribution in [2.24, 2.45) is 0 Å². The van der Waals surface area contributed by atoms with Crippen LogP contribution in [0, 0.1) is 0 Å². The molecule has 1 aromatic carbocycles. The van der Waals surface area contributed by atoms with Crippen LogP contribution >= 0.6 is 0 Å². The number of aromatic hydroxyl groups is 1. The molecule has 0 saturated carbocycles. The molecule has 0 radical (unpaired) electrons. The Labute approximate surface area is 119 Å². The van der Waals surface area contributed by atoms with Crippen LogP contribution in [0.5, 0.6) is 5.75 Å². The van der Waals surface area contributed by atoms with E-state index < -0.39 is 0 Å². The first-order valence-corrected chi connectivity index (χ1v) is 7.97. The van der Waals surface area contributed by atoms with Gasteiger partial charge >= 0.3 is 0 Å². The van der Waals surface area contributed by atoms with E-state index in [9.17, 15) is 5.11 Å². The van der Waals surface area contributed by atoms with Crippen LogP contribution in [0.15, 0.2) is 18.2 Å². The Bertz CT molecular complexity index is 355. The van der Waals surface area contributed by atoms with Gasteiger partial charge in [0.2, 0.25) is 0 Å². The standard InChI is InChI=1S/C18H30O/c1-4-5-6-7-8-9-10-12-17-16(15(2)3)13-11-14-18(17)19/h11,13-15,19H,4-10,12H2,1-3H3. The van der Waals surface area contributed by atoms with E-state index >= 15 is 0 Å². The molecule has 19 heavy (non-hydrogen) atoms. The fourth-order valence-corrected chi connectivity index (χ4v) is 2.66. The van der Waals surface area contributed by atoms with Gasteiger partial charge < -0.3 is 5.11 Å². The lowest BCUT2D eigenvalue weighted by Gasteiger charge is -2.14. The number of hydrogen-bond acceptors (Lipinski definition) is 1. The maximum atomic E-state index is 10.0. The summed E-state index contributed by atoms with van der Waals surface area (Å²) < 4.78 is 0. The predicted octanol–water partition coefficient (Wildman–Crippen LogP) is 5.81. The molecule has 1 aromatic rings. The summed E-state index contributed by atoms with van der Waals surface area (Å²) in [5, 5.41) is 10.0. The third-order valence-corrected chi connectivity index (χ3v) is 3.84. The molecule has 0 atom stereocenters. The third-order valence-electron chi connectivity index (χ3n) is 3.84. The fourth-order valence-electron chi connectivity index (χ4n) is 2.66. The number of unbranched alkanes of at least 4 members (excludes halogenated alkanes) is 6. The summed E-state index contributed by atoms with van der Waals surface area (Å²) in [7, 11) is 0. The van der Waals surface area contributed by atoms with Crippen molar-refractivity contribution in [2.45, 2.75) is 78.1 Å². The van der Waals surface area contributed by atoms with Crippen LogP contribution in [0.1, 0.15) is 82.8 Å². The van der Waals surface area contributed by atoms with Crippen molar-refractivity contribution in [3.63, 3.8) is 0 Å². The molecule has 0 bridgehead atoms. The van der Waals surface area contributed by atoms with Gasteiger partial charge in [-0.1, -0.05) is 71.4 Å². The highest BCUT2D eigenvalue weighted by molar-refractivity contribution is 5.40. The lowest BCUT2D eigenvalue weighted by molar-refractivity contribution is 0.464. The van der Waals surface area contributed by atoms with E-state index in [1.165, 1.54) is 56.1 Å². The molecule has 1 rings (SSSR count). The molecule has 0 aliphatic rings. The quantitative estimate of drug-likeness (QED) is 0.557. The van der Waals surface area contributed by atoms with Gasteiger partial charge in [0.05, 0.1) is 0 Å². The molecular weight excluding hydrogens is 232 g/mol. The zero-order valence-electron chi connectivity index (χ0n) is 12.9. The van der Waals surface area contributed by atoms with Crippen molar-refractivity contribution in [2.75, 3.05) is 0 Å². The highest BCUT2D eigenvalue weighted by Crippen LogP contribution is 2.28. The zero-order chi connectivity index (χ0) is 14.1. The fraction of sp³-hybridized carbons (Fsp3) is 0.667. The highest BCUT2D eigenvalue weighted by atomic mass is 16.3. The SMILES string of the molecule is CCCCCCCCCc1c(O)cccc1C(C)C. The van der Waals surface area contributed by atoms with Gasteiger partial charge in [0.1, 0.15) is 5.75 Å². The van der Waals surface area contributed by atoms with Crippen LogP contribution in [-0.4, -0.2) is 5.11 Å². The van der Waals surface area contributed by atoms with Gasteiger partial charge in [-0.15, -0.1) is 0 Å². The minimum Gasteiger partial charge on any atom is -0.508 e. The first-order valence-electron chi connectivity index (χ1n) is 7.97. The smallest absolute Gasteiger partial charge is 0.119 e. The number of phenols is 1. The second kappa shape index (κ2) is 9.01. The minimum atomic E-state index is 0.484. The molecule has 0 heterocycles. The second-order valence-corrected chi connectivity index (χ2v) is 5.87. The molecule has 0 aliphatic carbocycles. The van der Waals surface area contributed by atoms with Crippen LogP contribution in [0.25, 0.3) is 0 Å². The number of benzene rings is 1. The number of phenolic OH excluding ortho intramolecular Hbond substituents is 1. The summed E-state index contributed by atoms with van der Waals surface area (Å²) in [4.78, 5) is 0. The molecule has 0 unspecified atom stereocenters. The van der Waals surface area contributed by atoms with Crippen LogP contribution in [0.3, 0.4) is 0 Å². The normalized spacial score (nSPS) is 11.2. The molecule has 0 spiro atoms. The maximum Gasteiger partial charge on any atom is 0.119 e. The second-order valence-electron chi connectivity index (χ2n) is 5.87. The molecule has 0 fully saturated rings. The summed E-state index contributed by atoms with van der Waals surface area (Å²) >= 11 is 0. The first-order chi connectivity index (χ1) is 9.16. The van der Waals surface area contributed by atoms with Gasteiger partial charge in [0, 0.05) is 0 Å². The molecule has 1 nitrogen and oxygen atoms in total. The Hall–Kier alpha value is -0.980. The summed E-state index contributed by atoms with van der Waals surface area (Å²) in [6.07, 6.45) is 10.3. The molecule has 0 amide bonds. The number of rotatable bonds is 9. The highest BCUT2D eigenvalue weighted by Gasteiger charge is 2.10. The maximum absolute atomic E-state index is 10.0. The Morgan fingerprint density at radius 2 is 1.58 bits per heavy atom. The molecule has 0 aliphatic heterocycles. The Morgan fingerprint density at radius 3 is 2.21 bits per heavy atom. The average Bonchev–Trinajstić information content (AvgIpc) is 2.39. The van der Waals surface area contributed by atoms with Crippen molar-refractivity contribution in [1.29, 1.82) is 0 Å². The van der Waals surface area contributed by atoms with E-state index in [0.717, 1.165) is 6.42 Å². The topological polar surface area (TPSA) is 20.2 Å². The molecule has 0 saturated heterocycles. The Kier molecular flexibility index (Phi) is 7.62. The lowest BCUT2D eigenvalue weighted by Crippen LogP contribution is -1.97. The minimum absolute atomic E-state index is 0.484. The molecule has 0 aromatic heterocycles. The largest absolute Gasteiger partial charge is 0.508 e. The predicted molar refractivity (Wildman–Crippen MR) is 83.9 cm³/mol. The van der Waals surface area contributed by atoms with E-state index in [1.54, 1.807) is 0 Å². The average molecular weight is 262 g/mol. The molecule has 108 valence electrons. The van der Waals surface area contributed by atoms with E-state index in [-0.39, 0.29) is 0 Å². The van der Waals surface area contributed by atoms with Gasteiger partial charge in [-0.05, 0) is 36.0 Å². The van der Waals surface area contributed by atoms with E-state index in [2.05, 4.69) is 26.8 Å². The van der Waals surface area contributed by atoms with Crippen LogP contribution in [-0.2, 0) is 6.42 Å². The summed E-state index contributed by atoms with van der Waals surface area (Å²) in [5.74, 6) is 0.976. The number of hydrogen-bond donors (Lipinski definition) is 1. The van der Waals surface area contributed by atoms with Crippen molar-refractivity contribution in [3.05, 3.63) is 29.3 Å². The lowest BCUT2D eigenvalue weighted by atomic mass is 9.93. The van der Waals surface area contributed by atoms with Gasteiger partial charge in [0.25, 0.3) is 0 Å². The first kappa shape index (κ1) is 16.1. The summed E-state index contributed by atoms with van der Waals surface area (Å²) in [6.45, 7) is 6.65. The zero-order valence-corrected chi connectivity index (χ0v) is 12.9. The summed E-state index contributed by atoms with van der Waals surface area (Å²) in [5.41, 5.74) is 2.48. The van der Waals surface area contributed by atoms with Crippen molar-refractivity contribution >= 4 is 0 Å². The molecule has 1 heteroatoms. The van der Waals surface area contributed by atoms with Crippen molar-refractivity contribution in [1.82, 2.24) is 0 Å². The van der Waals surface area contributed by atoms with Crippen LogP contribution in [0.2, 0.25) is 0 Å². The summed E-state index contributed by atoms with van der Waals surface area (Å²) in [6, 6.07) is 5.93. The monoisotopic (exact) mass is 262 g/mol. The van der Waals surface area contributed by atoms with Gasteiger partial charge in [0.15, 0.2) is 0 Å². The van der Waals surface area contributed by atoms with Crippen molar-refractivity contribution in [3.8, 4) is 5.75 Å². The van der Waals surface area contributed by atoms with E-state index in [0.29, 0.717) is 11.7 Å². The van der Waals surface area contributed by atoms with Gasteiger partial charge in [-0.3, -0.25) is 0 Å².